The summed E-state index contributed by atoms with van der Waals surface area (Å²) in [5.41, 5.74) is 1.75. The summed E-state index contributed by atoms with van der Waals surface area (Å²) in [6.07, 6.45) is 1.12. The van der Waals surface area contributed by atoms with Gasteiger partial charge < -0.3 is 9.67 Å². The Morgan fingerprint density at radius 1 is 1.43 bits per heavy atom. The molecule has 0 saturated carbocycles. The molecule has 0 spiro atoms. The third kappa shape index (κ3) is 2.44. The molecular formula is C16H20N2O2S. The molecule has 0 radical (unpaired) electrons. The van der Waals surface area contributed by atoms with Gasteiger partial charge in [-0.05, 0) is 24.3 Å². The first-order valence-corrected chi connectivity index (χ1v) is 8.37. The zero-order chi connectivity index (χ0) is 15.2. The molecule has 1 N–H and O–H groups in total. The normalized spacial score (nSPS) is 19.3. The minimum atomic E-state index is -0.911. The first kappa shape index (κ1) is 14.4. The number of carbonyl (C=O) groups is 1. The van der Waals surface area contributed by atoms with Gasteiger partial charge in [-0.25, -0.2) is 9.78 Å². The number of rotatable bonds is 2. The van der Waals surface area contributed by atoms with Crippen molar-refractivity contribution in [2.75, 3.05) is 11.5 Å². The van der Waals surface area contributed by atoms with Crippen LogP contribution in [0.15, 0.2) is 18.2 Å². The van der Waals surface area contributed by atoms with Gasteiger partial charge in [0, 0.05) is 17.2 Å². The number of nitrogens with zero attached hydrogens (tertiary/aromatic N) is 2. The molecule has 1 aliphatic rings. The fourth-order valence-electron chi connectivity index (χ4n) is 2.91. The van der Waals surface area contributed by atoms with Crippen LogP contribution >= 0.6 is 11.8 Å². The van der Waals surface area contributed by atoms with E-state index in [1.165, 1.54) is 0 Å². The maximum atomic E-state index is 11.5. The van der Waals surface area contributed by atoms with Gasteiger partial charge >= 0.3 is 5.97 Å². The quantitative estimate of drug-likeness (QED) is 0.919. The predicted molar refractivity (Wildman–Crippen MR) is 86.4 cm³/mol. The second-order valence-corrected chi connectivity index (χ2v) is 7.70. The number of thioether (sulfide) groups is 1. The van der Waals surface area contributed by atoms with Gasteiger partial charge in [0.2, 0.25) is 0 Å². The number of hydrogen-bond donors (Lipinski definition) is 1. The van der Waals surface area contributed by atoms with E-state index in [1.54, 1.807) is 6.07 Å². The number of benzene rings is 1. The van der Waals surface area contributed by atoms with Crippen LogP contribution in [0.2, 0.25) is 0 Å². The average Bonchev–Trinajstić information content (AvgIpc) is 3.03. The van der Waals surface area contributed by atoms with E-state index in [2.05, 4.69) is 25.3 Å². The number of para-hydroxylation sites is 1. The van der Waals surface area contributed by atoms with Crippen LogP contribution in [0.25, 0.3) is 11.0 Å². The highest BCUT2D eigenvalue weighted by atomic mass is 32.2. The first-order chi connectivity index (χ1) is 9.89. The predicted octanol–water partition coefficient (Wildman–Crippen LogP) is 3.71. The molecule has 1 aromatic heterocycles. The molecule has 1 saturated heterocycles. The molecule has 1 unspecified atom stereocenters. The minimum Gasteiger partial charge on any atom is -0.478 e. The van der Waals surface area contributed by atoms with Crippen LogP contribution in [0.4, 0.5) is 0 Å². The maximum absolute atomic E-state index is 11.5. The highest BCUT2D eigenvalue weighted by Gasteiger charge is 2.30. The summed E-state index contributed by atoms with van der Waals surface area (Å²) >= 11 is 1.95. The van der Waals surface area contributed by atoms with E-state index in [1.807, 2.05) is 23.9 Å². The topological polar surface area (TPSA) is 55.1 Å². The standard InChI is InChI=1S/C16H20N2O2S/c1-16(2,3)15-17-13-11(14(19)20)5-4-6-12(13)18(15)10-7-8-21-9-10/h4-6,10H,7-9H2,1-3H3,(H,19,20). The van der Waals surface area contributed by atoms with E-state index < -0.39 is 5.97 Å². The van der Waals surface area contributed by atoms with Crippen molar-refractivity contribution < 1.29 is 9.90 Å². The summed E-state index contributed by atoms with van der Waals surface area (Å²) in [6, 6.07) is 5.86. The fraction of sp³-hybridized carbons (Fsp3) is 0.500. The van der Waals surface area contributed by atoms with E-state index >= 15 is 0 Å². The van der Waals surface area contributed by atoms with Gasteiger partial charge in [0.05, 0.1) is 11.1 Å². The molecule has 0 amide bonds. The molecule has 1 aliphatic heterocycles. The monoisotopic (exact) mass is 304 g/mol. The van der Waals surface area contributed by atoms with Gasteiger partial charge in [0.15, 0.2) is 0 Å². The minimum absolute atomic E-state index is 0.109. The molecule has 1 atom stereocenters. The second kappa shape index (κ2) is 5.05. The number of hydrogen-bond acceptors (Lipinski definition) is 3. The van der Waals surface area contributed by atoms with Crippen LogP contribution < -0.4 is 0 Å². The van der Waals surface area contributed by atoms with Crippen LogP contribution in [0.1, 0.15) is 49.4 Å². The van der Waals surface area contributed by atoms with Crippen LogP contribution in [0.5, 0.6) is 0 Å². The lowest BCUT2D eigenvalue weighted by atomic mass is 9.95. The third-order valence-electron chi connectivity index (χ3n) is 3.89. The summed E-state index contributed by atoms with van der Waals surface area (Å²) < 4.78 is 2.28. The Morgan fingerprint density at radius 3 is 2.76 bits per heavy atom. The largest absolute Gasteiger partial charge is 0.478 e. The lowest BCUT2D eigenvalue weighted by Crippen LogP contribution is -2.22. The molecular weight excluding hydrogens is 284 g/mol. The Morgan fingerprint density at radius 2 is 2.19 bits per heavy atom. The number of carboxylic acid groups (broad SMARTS) is 1. The van der Waals surface area contributed by atoms with Crippen molar-refractivity contribution in [3.05, 3.63) is 29.6 Å². The first-order valence-electron chi connectivity index (χ1n) is 7.22. The van der Waals surface area contributed by atoms with E-state index in [9.17, 15) is 9.90 Å². The summed E-state index contributed by atoms with van der Waals surface area (Å²) in [6.45, 7) is 6.40. The van der Waals surface area contributed by atoms with Gasteiger partial charge in [0.1, 0.15) is 11.3 Å². The second-order valence-electron chi connectivity index (χ2n) is 6.55. The van der Waals surface area contributed by atoms with Gasteiger partial charge in [-0.15, -0.1) is 0 Å². The van der Waals surface area contributed by atoms with Gasteiger partial charge in [-0.1, -0.05) is 26.8 Å². The van der Waals surface area contributed by atoms with Crippen LogP contribution in [0, 0.1) is 0 Å². The lowest BCUT2D eigenvalue weighted by Gasteiger charge is -2.23. The summed E-state index contributed by atoms with van der Waals surface area (Å²) in [5, 5.41) is 9.40. The molecule has 0 aliphatic carbocycles. The van der Waals surface area contributed by atoms with Crippen molar-refractivity contribution in [2.45, 2.75) is 38.6 Å². The van der Waals surface area contributed by atoms with Crippen LogP contribution in [-0.2, 0) is 5.41 Å². The van der Waals surface area contributed by atoms with Crippen molar-refractivity contribution in [3.8, 4) is 0 Å². The molecule has 112 valence electrons. The van der Waals surface area contributed by atoms with Crippen molar-refractivity contribution >= 4 is 28.8 Å². The van der Waals surface area contributed by atoms with Gasteiger partial charge in [-0.2, -0.15) is 11.8 Å². The summed E-state index contributed by atoms with van der Waals surface area (Å²) in [5.74, 6) is 2.31. The molecule has 21 heavy (non-hydrogen) atoms. The zero-order valence-corrected chi connectivity index (χ0v) is 13.4. The van der Waals surface area contributed by atoms with Crippen LogP contribution in [-0.4, -0.2) is 32.1 Å². The highest BCUT2D eigenvalue weighted by Crippen LogP contribution is 2.36. The van der Waals surface area contributed by atoms with Crippen molar-refractivity contribution in [1.29, 1.82) is 0 Å². The number of carboxylic acids is 1. The molecule has 1 fully saturated rings. The molecule has 2 heterocycles. The molecule has 0 bridgehead atoms. The number of fused-ring (bicyclic) bond motifs is 1. The average molecular weight is 304 g/mol. The molecule has 5 heteroatoms. The maximum Gasteiger partial charge on any atom is 0.337 e. The molecule has 4 nitrogen and oxygen atoms in total. The Hall–Kier alpha value is -1.49. The molecule has 1 aromatic carbocycles. The SMILES string of the molecule is CC(C)(C)c1nc2c(C(=O)O)cccc2n1C1CCSC1. The van der Waals surface area contributed by atoms with Crippen molar-refractivity contribution in [1.82, 2.24) is 9.55 Å². The molecule has 3 rings (SSSR count). The summed E-state index contributed by atoms with van der Waals surface area (Å²) in [4.78, 5) is 16.2. The van der Waals surface area contributed by atoms with Crippen molar-refractivity contribution in [3.63, 3.8) is 0 Å². The Balaban J connectivity index is 2.31. The number of aromatic carboxylic acids is 1. The smallest absolute Gasteiger partial charge is 0.337 e. The third-order valence-corrected chi connectivity index (χ3v) is 5.04. The Labute approximate surface area is 128 Å². The van der Waals surface area contributed by atoms with Crippen molar-refractivity contribution in [2.24, 2.45) is 0 Å². The highest BCUT2D eigenvalue weighted by molar-refractivity contribution is 7.99. The lowest BCUT2D eigenvalue weighted by molar-refractivity contribution is 0.0699. The van der Waals surface area contributed by atoms with Crippen LogP contribution in [0.3, 0.4) is 0 Å². The van der Waals surface area contributed by atoms with E-state index in [4.69, 9.17) is 4.98 Å². The summed E-state index contributed by atoms with van der Waals surface area (Å²) in [7, 11) is 0. The van der Waals surface area contributed by atoms with E-state index in [0.717, 1.165) is 29.3 Å². The van der Waals surface area contributed by atoms with Gasteiger partial charge in [-0.3, -0.25) is 0 Å². The van der Waals surface area contributed by atoms with Gasteiger partial charge in [0.25, 0.3) is 0 Å². The molecule has 2 aromatic rings. The zero-order valence-electron chi connectivity index (χ0n) is 12.6. The number of imidazole rings is 1. The fourth-order valence-corrected chi connectivity index (χ4v) is 4.11. The van der Waals surface area contributed by atoms with E-state index in [-0.39, 0.29) is 5.41 Å². The Kier molecular flexibility index (Phi) is 3.48. The van der Waals surface area contributed by atoms with E-state index in [0.29, 0.717) is 17.1 Å². The Bertz CT molecular complexity index is 694. The number of aromatic nitrogens is 2.